The Morgan fingerprint density at radius 2 is 1.71 bits per heavy atom. The Kier molecular flexibility index (Phi) is 5.52. The Bertz CT molecular complexity index is 366. The Hall–Kier alpha value is -0.980. The molecule has 1 amide bonds. The van der Waals surface area contributed by atoms with Crippen LogP contribution in [-0.2, 0) is 4.74 Å². The lowest BCUT2D eigenvalue weighted by Crippen LogP contribution is -2.59. The summed E-state index contributed by atoms with van der Waals surface area (Å²) in [5.74, 6) is 0. The van der Waals surface area contributed by atoms with Gasteiger partial charge in [-0.05, 0) is 34.6 Å². The number of amides is 1. The standard InChI is InChI=1S/C14H25F3N2O2/c1-10-9-19(12(20)21-13(3,4)5)11(2)8-18(10)7-6-14(15,16)17/h10-11H,6-9H2,1-5H3/t10-,11+/m1/s1. The normalized spacial score (nSPS) is 25.0. The van der Waals surface area contributed by atoms with Crippen molar-refractivity contribution in [3.8, 4) is 0 Å². The highest BCUT2D eigenvalue weighted by Gasteiger charge is 2.36. The largest absolute Gasteiger partial charge is 0.444 e. The van der Waals surface area contributed by atoms with Crippen molar-refractivity contribution in [2.45, 2.75) is 64.9 Å². The molecule has 1 saturated heterocycles. The molecule has 1 aliphatic rings. The highest BCUT2D eigenvalue weighted by molar-refractivity contribution is 5.68. The molecule has 4 nitrogen and oxygen atoms in total. The van der Waals surface area contributed by atoms with Crippen LogP contribution in [0.4, 0.5) is 18.0 Å². The van der Waals surface area contributed by atoms with Crippen LogP contribution in [0.15, 0.2) is 0 Å². The van der Waals surface area contributed by atoms with Gasteiger partial charge >= 0.3 is 12.3 Å². The van der Waals surface area contributed by atoms with Crippen LogP contribution in [0.2, 0.25) is 0 Å². The maximum atomic E-state index is 12.3. The van der Waals surface area contributed by atoms with Crippen LogP contribution in [0.25, 0.3) is 0 Å². The zero-order chi connectivity index (χ0) is 16.4. The summed E-state index contributed by atoms with van der Waals surface area (Å²) in [6.45, 7) is 9.81. The monoisotopic (exact) mass is 310 g/mol. The molecular formula is C14H25F3N2O2. The predicted octanol–water partition coefficient (Wildman–Crippen LogP) is 3.27. The van der Waals surface area contributed by atoms with Gasteiger partial charge in [0.15, 0.2) is 0 Å². The summed E-state index contributed by atoms with van der Waals surface area (Å²) in [4.78, 5) is 15.5. The molecule has 0 aromatic carbocycles. The molecule has 0 aromatic rings. The van der Waals surface area contributed by atoms with Gasteiger partial charge in [0.05, 0.1) is 6.42 Å². The average Bonchev–Trinajstić information content (AvgIpc) is 2.26. The van der Waals surface area contributed by atoms with E-state index in [1.807, 2.05) is 13.8 Å². The van der Waals surface area contributed by atoms with E-state index in [0.29, 0.717) is 13.1 Å². The Labute approximate surface area is 124 Å². The summed E-state index contributed by atoms with van der Waals surface area (Å²) in [6, 6.07) is -0.277. The Morgan fingerprint density at radius 1 is 1.14 bits per heavy atom. The first-order valence-corrected chi connectivity index (χ1v) is 7.19. The molecule has 2 atom stereocenters. The molecule has 0 unspecified atom stereocenters. The second-order valence-electron chi connectivity index (χ2n) is 6.69. The molecule has 1 rings (SSSR count). The molecule has 0 aliphatic carbocycles. The van der Waals surface area contributed by atoms with Gasteiger partial charge in [0.2, 0.25) is 0 Å². The molecule has 7 heteroatoms. The van der Waals surface area contributed by atoms with E-state index in [1.165, 1.54) is 0 Å². The van der Waals surface area contributed by atoms with Crippen LogP contribution in [0.5, 0.6) is 0 Å². The summed E-state index contributed by atoms with van der Waals surface area (Å²) < 4.78 is 42.3. The van der Waals surface area contributed by atoms with Crippen LogP contribution >= 0.6 is 0 Å². The van der Waals surface area contributed by atoms with E-state index < -0.39 is 24.3 Å². The third-order valence-corrected chi connectivity index (χ3v) is 3.43. The van der Waals surface area contributed by atoms with Crippen molar-refractivity contribution >= 4 is 6.09 Å². The van der Waals surface area contributed by atoms with Crippen LogP contribution in [0.1, 0.15) is 41.0 Å². The second-order valence-corrected chi connectivity index (χ2v) is 6.69. The van der Waals surface area contributed by atoms with Gasteiger partial charge in [0, 0.05) is 31.7 Å². The molecule has 0 spiro atoms. The van der Waals surface area contributed by atoms with Crippen molar-refractivity contribution < 1.29 is 22.7 Å². The van der Waals surface area contributed by atoms with Gasteiger partial charge in [-0.25, -0.2) is 4.79 Å². The van der Waals surface area contributed by atoms with Crippen molar-refractivity contribution in [1.82, 2.24) is 9.80 Å². The zero-order valence-electron chi connectivity index (χ0n) is 13.3. The van der Waals surface area contributed by atoms with Crippen LogP contribution < -0.4 is 0 Å². The minimum atomic E-state index is -4.15. The SMILES string of the molecule is C[C@@H]1CN(C(=O)OC(C)(C)C)[C@@H](C)CN1CCC(F)(F)F. The van der Waals surface area contributed by atoms with Crippen LogP contribution in [-0.4, -0.2) is 59.4 Å². The summed E-state index contributed by atoms with van der Waals surface area (Å²) >= 11 is 0. The highest BCUT2D eigenvalue weighted by Crippen LogP contribution is 2.23. The van der Waals surface area contributed by atoms with Gasteiger partial charge < -0.3 is 9.64 Å². The van der Waals surface area contributed by atoms with Crippen LogP contribution in [0.3, 0.4) is 0 Å². The van der Waals surface area contributed by atoms with E-state index in [-0.39, 0.29) is 18.6 Å². The molecule has 0 aromatic heterocycles. The first-order valence-electron chi connectivity index (χ1n) is 7.19. The number of piperazine rings is 1. The van der Waals surface area contributed by atoms with Crippen molar-refractivity contribution in [3.63, 3.8) is 0 Å². The summed E-state index contributed by atoms with van der Waals surface area (Å²) in [6.07, 6.45) is -5.38. The van der Waals surface area contributed by atoms with Gasteiger partial charge in [-0.2, -0.15) is 13.2 Å². The maximum Gasteiger partial charge on any atom is 0.410 e. The number of hydrogen-bond donors (Lipinski definition) is 0. The molecule has 124 valence electrons. The van der Waals surface area contributed by atoms with Gasteiger partial charge in [0.1, 0.15) is 5.60 Å². The van der Waals surface area contributed by atoms with Gasteiger partial charge in [-0.1, -0.05) is 0 Å². The number of alkyl halides is 3. The number of ether oxygens (including phenoxy) is 1. The number of carbonyl (C=O) groups is 1. The first-order chi connectivity index (χ1) is 9.39. The smallest absolute Gasteiger partial charge is 0.410 e. The molecule has 21 heavy (non-hydrogen) atoms. The van der Waals surface area contributed by atoms with E-state index in [1.54, 1.807) is 30.6 Å². The van der Waals surface area contributed by atoms with E-state index in [4.69, 9.17) is 4.74 Å². The molecule has 0 saturated carbocycles. The molecule has 0 N–H and O–H groups in total. The number of halogens is 3. The maximum absolute atomic E-state index is 12.3. The topological polar surface area (TPSA) is 32.8 Å². The lowest BCUT2D eigenvalue weighted by Gasteiger charge is -2.44. The van der Waals surface area contributed by atoms with E-state index in [9.17, 15) is 18.0 Å². The van der Waals surface area contributed by atoms with Gasteiger partial charge in [-0.15, -0.1) is 0 Å². The number of hydrogen-bond acceptors (Lipinski definition) is 3. The highest BCUT2D eigenvalue weighted by atomic mass is 19.4. The van der Waals surface area contributed by atoms with Gasteiger partial charge in [-0.3, -0.25) is 4.90 Å². The van der Waals surface area contributed by atoms with Crippen molar-refractivity contribution in [1.29, 1.82) is 0 Å². The van der Waals surface area contributed by atoms with E-state index in [2.05, 4.69) is 0 Å². The fourth-order valence-electron chi connectivity index (χ4n) is 2.36. The lowest BCUT2D eigenvalue weighted by molar-refractivity contribution is -0.141. The Balaban J connectivity index is 2.59. The summed E-state index contributed by atoms with van der Waals surface area (Å²) in [5.41, 5.74) is -0.576. The molecule has 0 bridgehead atoms. The number of rotatable bonds is 2. The first kappa shape index (κ1) is 18.1. The quantitative estimate of drug-likeness (QED) is 0.785. The van der Waals surface area contributed by atoms with Crippen molar-refractivity contribution in [3.05, 3.63) is 0 Å². The third kappa shape index (κ3) is 6.11. The van der Waals surface area contributed by atoms with Crippen molar-refractivity contribution in [2.75, 3.05) is 19.6 Å². The Morgan fingerprint density at radius 3 is 2.19 bits per heavy atom. The fraction of sp³-hybridized carbons (Fsp3) is 0.929. The molecule has 0 radical (unpaired) electrons. The number of carbonyl (C=O) groups excluding carboxylic acids is 1. The molecular weight excluding hydrogens is 285 g/mol. The minimum absolute atomic E-state index is 0.0306. The summed E-state index contributed by atoms with van der Waals surface area (Å²) in [7, 11) is 0. The minimum Gasteiger partial charge on any atom is -0.444 e. The summed E-state index contributed by atoms with van der Waals surface area (Å²) in [5, 5.41) is 0. The molecule has 1 heterocycles. The fourth-order valence-corrected chi connectivity index (χ4v) is 2.36. The molecule has 1 fully saturated rings. The van der Waals surface area contributed by atoms with Gasteiger partial charge in [0.25, 0.3) is 0 Å². The third-order valence-electron chi connectivity index (χ3n) is 3.43. The van der Waals surface area contributed by atoms with Crippen molar-refractivity contribution in [2.24, 2.45) is 0 Å². The second kappa shape index (κ2) is 6.42. The number of nitrogens with zero attached hydrogens (tertiary/aromatic N) is 2. The lowest BCUT2D eigenvalue weighted by atomic mass is 10.1. The molecule has 1 aliphatic heterocycles. The predicted molar refractivity (Wildman–Crippen MR) is 74.1 cm³/mol. The zero-order valence-corrected chi connectivity index (χ0v) is 13.3. The van der Waals surface area contributed by atoms with Crippen LogP contribution in [0, 0.1) is 0 Å². The average molecular weight is 310 g/mol. The van der Waals surface area contributed by atoms with E-state index in [0.717, 1.165) is 0 Å². The van der Waals surface area contributed by atoms with E-state index >= 15 is 0 Å².